The summed E-state index contributed by atoms with van der Waals surface area (Å²) in [5, 5.41) is 4.62. The van der Waals surface area contributed by atoms with Gasteiger partial charge in [-0.3, -0.25) is 0 Å². The van der Waals surface area contributed by atoms with Crippen LogP contribution in [-0.2, 0) is 9.53 Å². The predicted octanol–water partition coefficient (Wildman–Crippen LogP) is 4.65. The monoisotopic (exact) mass is 364 g/mol. The number of aliphatic imine (C=N–C) groups is 1. The van der Waals surface area contributed by atoms with Crippen molar-refractivity contribution in [3.05, 3.63) is 82.2 Å². The second-order valence-electron chi connectivity index (χ2n) is 5.69. The Morgan fingerprint density at radius 3 is 2.54 bits per heavy atom. The molecule has 4 rings (SSSR count). The van der Waals surface area contributed by atoms with Crippen LogP contribution in [0.15, 0.2) is 69.8 Å². The van der Waals surface area contributed by atoms with E-state index in [2.05, 4.69) is 10.1 Å². The van der Waals surface area contributed by atoms with Crippen LogP contribution in [0.3, 0.4) is 0 Å². The zero-order valence-electron chi connectivity index (χ0n) is 13.8. The van der Waals surface area contributed by atoms with Crippen LogP contribution in [0.4, 0.5) is 0 Å². The van der Waals surface area contributed by atoms with Gasteiger partial charge in [0.05, 0.1) is 0 Å². The Morgan fingerprint density at radius 1 is 1.04 bits per heavy atom. The topological polar surface area (TPSA) is 64.7 Å². The Balaban J connectivity index is 1.78. The highest BCUT2D eigenvalue weighted by atomic mass is 35.5. The molecule has 5 nitrogen and oxygen atoms in total. The van der Waals surface area contributed by atoms with Crippen LogP contribution in [0.2, 0.25) is 5.02 Å². The first-order chi connectivity index (χ1) is 12.6. The summed E-state index contributed by atoms with van der Waals surface area (Å²) < 4.78 is 10.7. The maximum absolute atomic E-state index is 12.3. The summed E-state index contributed by atoms with van der Waals surface area (Å²) >= 11 is 6.15. The molecule has 0 atom stereocenters. The van der Waals surface area contributed by atoms with Gasteiger partial charge in [0.15, 0.2) is 5.70 Å². The summed E-state index contributed by atoms with van der Waals surface area (Å²) in [5.74, 6) is 0.153. The molecule has 0 unspecified atom stereocenters. The molecule has 6 heteroatoms. The van der Waals surface area contributed by atoms with Gasteiger partial charge in [-0.1, -0.05) is 65.3 Å². The summed E-state index contributed by atoms with van der Waals surface area (Å²) in [5.41, 5.74) is 2.85. The molecular weight excluding hydrogens is 352 g/mol. The van der Waals surface area contributed by atoms with E-state index in [-0.39, 0.29) is 11.6 Å². The van der Waals surface area contributed by atoms with Gasteiger partial charge in [-0.2, -0.15) is 0 Å². The number of hydrogen-bond donors (Lipinski definition) is 0. The van der Waals surface area contributed by atoms with Crippen molar-refractivity contribution in [3.8, 4) is 11.3 Å². The standard InChI is InChI=1S/C20H13ClN2O3/c1-12-17(18(23-26-12)13-7-3-2-4-8-13)19-22-16(20(24)25-19)11-14-9-5-6-10-15(14)21/h2-11H,1H3/b16-11-. The highest BCUT2D eigenvalue weighted by Crippen LogP contribution is 2.30. The Labute approximate surface area is 154 Å². The quantitative estimate of drug-likeness (QED) is 0.501. The van der Waals surface area contributed by atoms with E-state index in [1.54, 1.807) is 25.1 Å². The number of hydrogen-bond acceptors (Lipinski definition) is 5. The summed E-state index contributed by atoms with van der Waals surface area (Å²) in [6.07, 6.45) is 1.60. The van der Waals surface area contributed by atoms with Gasteiger partial charge in [0.25, 0.3) is 0 Å². The molecule has 1 aliphatic heterocycles. The molecule has 0 bridgehead atoms. The Morgan fingerprint density at radius 2 is 1.77 bits per heavy atom. The molecule has 0 spiro atoms. The van der Waals surface area contributed by atoms with E-state index in [9.17, 15) is 4.79 Å². The van der Waals surface area contributed by atoms with Crippen LogP contribution < -0.4 is 0 Å². The lowest BCUT2D eigenvalue weighted by atomic mass is 10.1. The molecule has 0 saturated heterocycles. The van der Waals surface area contributed by atoms with Crippen molar-refractivity contribution in [2.24, 2.45) is 4.99 Å². The number of nitrogens with zero attached hydrogens (tertiary/aromatic N) is 2. The fourth-order valence-corrected chi connectivity index (χ4v) is 2.86. The van der Waals surface area contributed by atoms with Gasteiger partial charge >= 0.3 is 5.97 Å². The van der Waals surface area contributed by atoms with Gasteiger partial charge in [-0.25, -0.2) is 9.79 Å². The SMILES string of the molecule is Cc1onc(-c2ccccc2)c1C1=N/C(=C\c2ccccc2Cl)C(=O)O1. The second kappa shape index (κ2) is 6.61. The third-order valence-electron chi connectivity index (χ3n) is 3.94. The van der Waals surface area contributed by atoms with Crippen LogP contribution in [0.25, 0.3) is 17.3 Å². The number of aryl methyl sites for hydroxylation is 1. The molecule has 128 valence electrons. The molecule has 1 aromatic heterocycles. The van der Waals surface area contributed by atoms with Crippen molar-refractivity contribution >= 4 is 29.5 Å². The highest BCUT2D eigenvalue weighted by Gasteiger charge is 2.30. The lowest BCUT2D eigenvalue weighted by Gasteiger charge is -2.01. The molecule has 3 aromatic rings. The molecule has 0 amide bonds. The maximum atomic E-state index is 12.3. The van der Waals surface area contributed by atoms with Gasteiger partial charge in [0, 0.05) is 10.6 Å². The zero-order chi connectivity index (χ0) is 18.1. The molecule has 2 heterocycles. The number of carbonyl (C=O) groups excluding carboxylic acids is 1. The van der Waals surface area contributed by atoms with Crippen molar-refractivity contribution in [1.82, 2.24) is 5.16 Å². The maximum Gasteiger partial charge on any atom is 0.363 e. The summed E-state index contributed by atoms with van der Waals surface area (Å²) in [6, 6.07) is 16.7. The van der Waals surface area contributed by atoms with E-state index >= 15 is 0 Å². The molecule has 0 N–H and O–H groups in total. The van der Waals surface area contributed by atoms with Crippen LogP contribution in [0.1, 0.15) is 16.9 Å². The molecule has 26 heavy (non-hydrogen) atoms. The fraction of sp³-hybridized carbons (Fsp3) is 0.0500. The number of carbonyl (C=O) groups is 1. The van der Waals surface area contributed by atoms with Gasteiger partial charge in [0.2, 0.25) is 5.90 Å². The summed E-state index contributed by atoms with van der Waals surface area (Å²) in [6.45, 7) is 1.75. The molecule has 0 aliphatic carbocycles. The van der Waals surface area contributed by atoms with E-state index in [0.29, 0.717) is 27.6 Å². The molecule has 1 aliphatic rings. The number of rotatable bonds is 3. The Hall–Kier alpha value is -3.18. The van der Waals surface area contributed by atoms with E-state index < -0.39 is 5.97 Å². The number of ether oxygens (including phenoxy) is 1. The van der Waals surface area contributed by atoms with Crippen LogP contribution in [0, 0.1) is 6.92 Å². The third-order valence-corrected chi connectivity index (χ3v) is 4.29. The predicted molar refractivity (Wildman–Crippen MR) is 98.7 cm³/mol. The van der Waals surface area contributed by atoms with Gasteiger partial charge in [0.1, 0.15) is 17.0 Å². The van der Waals surface area contributed by atoms with Crippen LogP contribution in [0.5, 0.6) is 0 Å². The Kier molecular flexibility index (Phi) is 4.14. The first kappa shape index (κ1) is 16.3. The first-order valence-corrected chi connectivity index (χ1v) is 8.30. The van der Waals surface area contributed by atoms with E-state index in [1.807, 2.05) is 42.5 Å². The lowest BCUT2D eigenvalue weighted by Crippen LogP contribution is -2.07. The minimum atomic E-state index is -0.542. The Bertz CT molecular complexity index is 1050. The van der Waals surface area contributed by atoms with Crippen molar-refractivity contribution in [2.75, 3.05) is 0 Å². The average molecular weight is 365 g/mol. The fourth-order valence-electron chi connectivity index (χ4n) is 2.67. The zero-order valence-corrected chi connectivity index (χ0v) is 14.5. The van der Waals surface area contributed by atoms with Crippen molar-refractivity contribution in [3.63, 3.8) is 0 Å². The van der Waals surface area contributed by atoms with E-state index in [4.69, 9.17) is 20.9 Å². The smallest absolute Gasteiger partial charge is 0.363 e. The lowest BCUT2D eigenvalue weighted by molar-refractivity contribution is -0.129. The molecular formula is C20H13ClN2O3. The number of benzene rings is 2. The van der Waals surface area contributed by atoms with Gasteiger partial charge in [-0.05, 0) is 24.6 Å². The second-order valence-corrected chi connectivity index (χ2v) is 6.09. The van der Waals surface area contributed by atoms with Gasteiger partial charge in [-0.15, -0.1) is 0 Å². The first-order valence-electron chi connectivity index (χ1n) is 7.92. The molecule has 0 radical (unpaired) electrons. The number of aromatic nitrogens is 1. The average Bonchev–Trinajstić information content (AvgIpc) is 3.20. The summed E-state index contributed by atoms with van der Waals surface area (Å²) in [7, 11) is 0. The van der Waals surface area contributed by atoms with Crippen molar-refractivity contribution in [2.45, 2.75) is 6.92 Å². The highest BCUT2D eigenvalue weighted by molar-refractivity contribution is 6.32. The minimum absolute atomic E-state index is 0.172. The number of cyclic esters (lactones) is 1. The van der Waals surface area contributed by atoms with E-state index in [1.165, 1.54) is 0 Å². The van der Waals surface area contributed by atoms with Crippen LogP contribution in [-0.4, -0.2) is 17.0 Å². The molecule has 2 aromatic carbocycles. The van der Waals surface area contributed by atoms with E-state index in [0.717, 1.165) is 5.56 Å². The van der Waals surface area contributed by atoms with Gasteiger partial charge < -0.3 is 9.26 Å². The van der Waals surface area contributed by atoms with Crippen molar-refractivity contribution < 1.29 is 14.1 Å². The molecule has 0 saturated carbocycles. The third kappa shape index (κ3) is 2.93. The number of esters is 1. The normalized spacial score (nSPS) is 15.2. The van der Waals surface area contributed by atoms with Crippen LogP contribution >= 0.6 is 11.6 Å². The summed E-state index contributed by atoms with van der Waals surface area (Å²) in [4.78, 5) is 16.6. The molecule has 0 fully saturated rings. The van der Waals surface area contributed by atoms with Crippen molar-refractivity contribution in [1.29, 1.82) is 0 Å². The largest absolute Gasteiger partial charge is 0.402 e. The number of halogens is 1. The minimum Gasteiger partial charge on any atom is -0.402 e.